The fourth-order valence-corrected chi connectivity index (χ4v) is 2.31. The summed E-state index contributed by atoms with van der Waals surface area (Å²) in [7, 11) is 0. The molecule has 1 N–H and O–H groups in total. The van der Waals surface area contributed by atoms with E-state index in [0.29, 0.717) is 6.04 Å². The van der Waals surface area contributed by atoms with Gasteiger partial charge in [-0.15, -0.1) is 24.0 Å². The van der Waals surface area contributed by atoms with Gasteiger partial charge in [0.2, 0.25) is 5.91 Å². The van der Waals surface area contributed by atoms with Gasteiger partial charge in [0.25, 0.3) is 0 Å². The number of guanidine groups is 1. The third kappa shape index (κ3) is 4.50. The molecule has 6 heteroatoms. The van der Waals surface area contributed by atoms with Crippen LogP contribution < -0.4 is 5.32 Å². The van der Waals surface area contributed by atoms with Crippen LogP contribution in [0, 0.1) is 5.92 Å². The molecule has 1 heterocycles. The van der Waals surface area contributed by atoms with Crippen LogP contribution >= 0.6 is 24.0 Å². The summed E-state index contributed by atoms with van der Waals surface area (Å²) in [6.07, 6.45) is 1.25. The highest BCUT2D eigenvalue weighted by molar-refractivity contribution is 14.0. The van der Waals surface area contributed by atoms with Crippen molar-refractivity contribution in [2.75, 3.05) is 32.7 Å². The van der Waals surface area contributed by atoms with E-state index in [1.54, 1.807) is 6.92 Å². The molecular weight excluding hydrogens is 355 g/mol. The molecule has 1 aliphatic carbocycles. The van der Waals surface area contributed by atoms with E-state index >= 15 is 0 Å². The number of carbonyl (C=O) groups excluding carboxylic acids is 1. The highest BCUT2D eigenvalue weighted by Crippen LogP contribution is 2.29. The van der Waals surface area contributed by atoms with Gasteiger partial charge in [-0.05, 0) is 19.3 Å². The molecule has 2 rings (SSSR count). The van der Waals surface area contributed by atoms with Crippen molar-refractivity contribution in [3.05, 3.63) is 0 Å². The SMILES string of the molecule is CCN=C(NC1CC1C)N1CCN(C(C)=O)CC1.I. The van der Waals surface area contributed by atoms with Crippen LogP contribution in [-0.4, -0.2) is 60.4 Å². The van der Waals surface area contributed by atoms with E-state index in [1.807, 2.05) is 4.90 Å². The van der Waals surface area contributed by atoms with Crippen molar-refractivity contribution in [1.82, 2.24) is 15.1 Å². The lowest BCUT2D eigenvalue weighted by Gasteiger charge is -2.36. The molecule has 2 aliphatic rings. The number of hydrogen-bond donors (Lipinski definition) is 1. The summed E-state index contributed by atoms with van der Waals surface area (Å²) in [4.78, 5) is 20.0. The van der Waals surface area contributed by atoms with Crippen LogP contribution in [-0.2, 0) is 4.79 Å². The van der Waals surface area contributed by atoms with E-state index < -0.39 is 0 Å². The van der Waals surface area contributed by atoms with Gasteiger partial charge in [-0.1, -0.05) is 6.92 Å². The van der Waals surface area contributed by atoms with Gasteiger partial charge in [-0.2, -0.15) is 0 Å². The second kappa shape index (κ2) is 7.31. The summed E-state index contributed by atoms with van der Waals surface area (Å²) >= 11 is 0. The Morgan fingerprint density at radius 3 is 2.21 bits per heavy atom. The van der Waals surface area contributed by atoms with Crippen molar-refractivity contribution in [1.29, 1.82) is 0 Å². The lowest BCUT2D eigenvalue weighted by atomic mass is 10.3. The Morgan fingerprint density at radius 1 is 1.26 bits per heavy atom. The summed E-state index contributed by atoms with van der Waals surface area (Å²) < 4.78 is 0. The standard InChI is InChI=1S/C13H24N4O.HI/c1-4-14-13(15-12-9-10(12)2)17-7-5-16(6-8-17)11(3)18;/h10,12H,4-9H2,1-3H3,(H,14,15);1H. The maximum atomic E-state index is 11.3. The largest absolute Gasteiger partial charge is 0.353 e. The van der Waals surface area contributed by atoms with Gasteiger partial charge >= 0.3 is 0 Å². The Balaban J connectivity index is 0.00000180. The van der Waals surface area contributed by atoms with Crippen molar-refractivity contribution in [2.24, 2.45) is 10.9 Å². The number of rotatable bonds is 2. The Kier molecular flexibility index (Phi) is 6.35. The molecule has 0 aromatic carbocycles. The van der Waals surface area contributed by atoms with Gasteiger partial charge in [0.1, 0.15) is 0 Å². The van der Waals surface area contributed by atoms with Gasteiger partial charge in [0.15, 0.2) is 5.96 Å². The van der Waals surface area contributed by atoms with E-state index in [0.717, 1.165) is 44.6 Å². The molecule has 2 atom stereocenters. The van der Waals surface area contributed by atoms with Crippen molar-refractivity contribution in [3.8, 4) is 0 Å². The maximum Gasteiger partial charge on any atom is 0.219 e. The Morgan fingerprint density at radius 2 is 1.79 bits per heavy atom. The minimum Gasteiger partial charge on any atom is -0.353 e. The van der Waals surface area contributed by atoms with E-state index in [-0.39, 0.29) is 29.9 Å². The number of aliphatic imine (C=N–C) groups is 1. The average molecular weight is 380 g/mol. The highest BCUT2D eigenvalue weighted by Gasteiger charge is 2.34. The minimum absolute atomic E-state index is 0. The first kappa shape index (κ1) is 16.5. The maximum absolute atomic E-state index is 11.3. The number of halogens is 1. The van der Waals surface area contributed by atoms with Crippen LogP contribution in [0.3, 0.4) is 0 Å². The second-order valence-electron chi connectivity index (χ2n) is 5.25. The lowest BCUT2D eigenvalue weighted by molar-refractivity contribution is -0.130. The molecule has 0 radical (unpaired) electrons. The van der Waals surface area contributed by atoms with Crippen molar-refractivity contribution < 1.29 is 4.79 Å². The summed E-state index contributed by atoms with van der Waals surface area (Å²) in [5.74, 6) is 1.97. The zero-order valence-corrected chi connectivity index (χ0v) is 14.4. The fraction of sp³-hybridized carbons (Fsp3) is 0.846. The fourth-order valence-electron chi connectivity index (χ4n) is 2.31. The van der Waals surface area contributed by atoms with Gasteiger partial charge in [0, 0.05) is 45.7 Å². The first-order valence-electron chi connectivity index (χ1n) is 6.93. The smallest absolute Gasteiger partial charge is 0.219 e. The van der Waals surface area contributed by atoms with E-state index in [4.69, 9.17) is 0 Å². The first-order valence-corrected chi connectivity index (χ1v) is 6.93. The topological polar surface area (TPSA) is 47.9 Å². The van der Waals surface area contributed by atoms with E-state index in [2.05, 4.69) is 29.1 Å². The van der Waals surface area contributed by atoms with Gasteiger partial charge < -0.3 is 15.1 Å². The normalized spacial score (nSPS) is 26.8. The molecule has 1 saturated carbocycles. The molecule has 5 nitrogen and oxygen atoms in total. The zero-order valence-electron chi connectivity index (χ0n) is 12.1. The van der Waals surface area contributed by atoms with Gasteiger partial charge in [-0.3, -0.25) is 9.79 Å². The molecule has 0 spiro atoms. The van der Waals surface area contributed by atoms with Crippen LogP contribution in [0.1, 0.15) is 27.2 Å². The minimum atomic E-state index is 0. The number of piperazine rings is 1. The number of carbonyl (C=O) groups is 1. The van der Waals surface area contributed by atoms with Gasteiger partial charge in [0.05, 0.1) is 0 Å². The predicted molar refractivity (Wildman–Crippen MR) is 87.9 cm³/mol. The van der Waals surface area contributed by atoms with Crippen molar-refractivity contribution in [2.45, 2.75) is 33.2 Å². The third-order valence-electron chi connectivity index (χ3n) is 3.76. The van der Waals surface area contributed by atoms with Gasteiger partial charge in [-0.25, -0.2) is 0 Å². The number of nitrogens with one attached hydrogen (secondary N) is 1. The summed E-state index contributed by atoms with van der Waals surface area (Å²) in [6, 6.07) is 0.598. The molecule has 2 fully saturated rings. The number of hydrogen-bond acceptors (Lipinski definition) is 2. The summed E-state index contributed by atoms with van der Waals surface area (Å²) in [5.41, 5.74) is 0. The molecule has 19 heavy (non-hydrogen) atoms. The van der Waals surface area contributed by atoms with Crippen molar-refractivity contribution in [3.63, 3.8) is 0 Å². The Labute approximate surface area is 132 Å². The van der Waals surface area contributed by atoms with Crippen LogP contribution in [0.5, 0.6) is 0 Å². The average Bonchev–Trinajstić information content (AvgIpc) is 3.04. The van der Waals surface area contributed by atoms with E-state index in [1.165, 1.54) is 6.42 Å². The molecule has 2 unspecified atom stereocenters. The molecule has 1 amide bonds. The Bertz CT molecular complexity index is 340. The molecule has 0 aromatic rings. The van der Waals surface area contributed by atoms with E-state index in [9.17, 15) is 4.79 Å². The first-order chi connectivity index (χ1) is 8.61. The molecule has 110 valence electrons. The van der Waals surface area contributed by atoms with Crippen LogP contribution in [0.2, 0.25) is 0 Å². The highest BCUT2D eigenvalue weighted by atomic mass is 127. The molecule has 0 aromatic heterocycles. The monoisotopic (exact) mass is 380 g/mol. The molecule has 0 bridgehead atoms. The van der Waals surface area contributed by atoms with Crippen LogP contribution in [0.15, 0.2) is 4.99 Å². The van der Waals surface area contributed by atoms with Crippen LogP contribution in [0.4, 0.5) is 0 Å². The van der Waals surface area contributed by atoms with Crippen LogP contribution in [0.25, 0.3) is 0 Å². The second-order valence-corrected chi connectivity index (χ2v) is 5.25. The third-order valence-corrected chi connectivity index (χ3v) is 3.76. The number of amides is 1. The Hall–Kier alpha value is -0.530. The number of nitrogens with zero attached hydrogens (tertiary/aromatic N) is 3. The summed E-state index contributed by atoms with van der Waals surface area (Å²) in [5, 5.41) is 3.53. The predicted octanol–water partition coefficient (Wildman–Crippen LogP) is 1.14. The zero-order chi connectivity index (χ0) is 13.1. The van der Waals surface area contributed by atoms with Crippen molar-refractivity contribution >= 4 is 35.8 Å². The lowest BCUT2D eigenvalue weighted by Crippen LogP contribution is -2.53. The molecule has 1 aliphatic heterocycles. The summed E-state index contributed by atoms with van der Waals surface area (Å²) in [6.45, 7) is 10.1. The molecule has 1 saturated heterocycles. The molecular formula is C13H25IN4O. The quantitative estimate of drug-likeness (QED) is 0.444.